The molecule has 0 aromatic heterocycles. The monoisotopic (exact) mass is 420 g/mol. The number of cyclic esters (lactones) is 1. The number of β-amino-alcohol motifs (C(OH)–C–C–N with tert-alkyl or cyclic N) is 1. The van der Waals surface area contributed by atoms with E-state index >= 15 is 0 Å². The van der Waals surface area contributed by atoms with Gasteiger partial charge in [0, 0.05) is 24.4 Å². The Morgan fingerprint density at radius 2 is 1.97 bits per heavy atom. The number of unbranched alkanes of at least 4 members (excludes halogenated alkanes) is 1. The number of aliphatic hydroxyl groups excluding tert-OH is 1. The lowest BCUT2D eigenvalue weighted by molar-refractivity contribution is -0.152. The van der Waals surface area contributed by atoms with Gasteiger partial charge in [-0.1, -0.05) is 31.6 Å². The number of thioether (sulfide) groups is 1. The van der Waals surface area contributed by atoms with E-state index in [0.717, 1.165) is 12.8 Å². The fourth-order valence-corrected chi connectivity index (χ4v) is 7.45. The lowest BCUT2D eigenvalue weighted by Crippen LogP contribution is -2.54. The van der Waals surface area contributed by atoms with Crippen molar-refractivity contribution in [3.05, 3.63) is 24.3 Å². The SMILES string of the molecule is CCCCN1CC=C[C@]23S[C@@]4(C)C=CCOC(=O)[C@H]4[C@H]2C(=O)N(CCO)C3C1=O. The van der Waals surface area contributed by atoms with Gasteiger partial charge in [0.05, 0.1) is 23.2 Å². The van der Waals surface area contributed by atoms with Crippen LogP contribution in [0.4, 0.5) is 0 Å². The van der Waals surface area contributed by atoms with Crippen LogP contribution in [0.15, 0.2) is 24.3 Å². The molecule has 0 aromatic carbocycles. The van der Waals surface area contributed by atoms with Crippen molar-refractivity contribution < 1.29 is 24.2 Å². The van der Waals surface area contributed by atoms with Crippen molar-refractivity contribution >= 4 is 29.5 Å². The lowest BCUT2D eigenvalue weighted by atomic mass is 9.75. The zero-order valence-electron chi connectivity index (χ0n) is 16.9. The summed E-state index contributed by atoms with van der Waals surface area (Å²) in [5.41, 5.74) is 0. The van der Waals surface area contributed by atoms with Crippen LogP contribution in [0.3, 0.4) is 0 Å². The van der Waals surface area contributed by atoms with Gasteiger partial charge in [-0.3, -0.25) is 14.4 Å². The summed E-state index contributed by atoms with van der Waals surface area (Å²) >= 11 is 1.53. The molecule has 8 heteroatoms. The molecule has 1 N–H and O–H groups in total. The van der Waals surface area contributed by atoms with E-state index in [9.17, 15) is 19.5 Å². The molecule has 0 radical (unpaired) electrons. The Bertz CT molecular complexity index is 783. The number of ether oxygens (including phenoxy) is 1. The third-order valence-electron chi connectivity index (χ3n) is 6.52. The summed E-state index contributed by atoms with van der Waals surface area (Å²) in [7, 11) is 0. The van der Waals surface area contributed by atoms with Crippen LogP contribution in [0.5, 0.6) is 0 Å². The number of likely N-dealkylation sites (tertiary alicyclic amines) is 1. The number of nitrogens with zero attached hydrogens (tertiary/aromatic N) is 2. The second-order valence-electron chi connectivity index (χ2n) is 8.33. The van der Waals surface area contributed by atoms with Crippen molar-refractivity contribution in [2.45, 2.75) is 42.2 Å². The molecule has 29 heavy (non-hydrogen) atoms. The van der Waals surface area contributed by atoms with Crippen LogP contribution in [0.1, 0.15) is 26.7 Å². The fourth-order valence-electron chi connectivity index (χ4n) is 5.30. The van der Waals surface area contributed by atoms with E-state index in [4.69, 9.17) is 4.74 Å². The average molecular weight is 421 g/mol. The minimum atomic E-state index is -0.843. The van der Waals surface area contributed by atoms with Gasteiger partial charge in [0.2, 0.25) is 11.8 Å². The normalized spacial score (nSPS) is 38.4. The first-order valence-electron chi connectivity index (χ1n) is 10.3. The molecular weight excluding hydrogens is 392 g/mol. The minimum Gasteiger partial charge on any atom is -0.461 e. The molecule has 4 aliphatic rings. The number of hydrogen-bond acceptors (Lipinski definition) is 6. The van der Waals surface area contributed by atoms with Crippen LogP contribution in [0, 0.1) is 11.8 Å². The van der Waals surface area contributed by atoms with Crippen LogP contribution < -0.4 is 0 Å². The summed E-state index contributed by atoms with van der Waals surface area (Å²) in [6, 6.07) is -0.724. The molecule has 158 valence electrons. The number of carbonyl (C=O) groups excluding carboxylic acids is 3. The molecule has 4 rings (SSSR count). The average Bonchev–Trinajstić information content (AvgIpc) is 2.93. The van der Waals surface area contributed by atoms with Crippen molar-refractivity contribution in [1.82, 2.24) is 9.80 Å². The first-order chi connectivity index (χ1) is 13.9. The summed E-state index contributed by atoms with van der Waals surface area (Å²) in [4.78, 5) is 43.3. The highest BCUT2D eigenvalue weighted by atomic mass is 32.2. The van der Waals surface area contributed by atoms with E-state index in [1.807, 2.05) is 31.2 Å². The fraction of sp³-hybridized carbons (Fsp3) is 0.667. The maximum Gasteiger partial charge on any atom is 0.311 e. The molecule has 5 atom stereocenters. The van der Waals surface area contributed by atoms with Crippen molar-refractivity contribution in [1.29, 1.82) is 0 Å². The Balaban J connectivity index is 1.82. The molecule has 0 aromatic rings. The minimum absolute atomic E-state index is 0.0812. The number of fused-ring (bicyclic) bond motifs is 2. The predicted molar refractivity (Wildman–Crippen MR) is 109 cm³/mol. The van der Waals surface area contributed by atoms with Gasteiger partial charge < -0.3 is 19.6 Å². The number of hydrogen-bond donors (Lipinski definition) is 1. The summed E-state index contributed by atoms with van der Waals surface area (Å²) in [6.07, 6.45) is 9.58. The molecule has 4 heterocycles. The highest BCUT2D eigenvalue weighted by molar-refractivity contribution is 8.02. The number of carbonyl (C=O) groups is 3. The van der Waals surface area contributed by atoms with Gasteiger partial charge >= 0.3 is 5.97 Å². The van der Waals surface area contributed by atoms with Crippen molar-refractivity contribution in [2.75, 3.05) is 32.8 Å². The van der Waals surface area contributed by atoms with Gasteiger partial charge in [-0.05, 0) is 19.4 Å². The first kappa shape index (κ1) is 20.5. The molecule has 4 aliphatic heterocycles. The smallest absolute Gasteiger partial charge is 0.311 e. The molecule has 2 fully saturated rings. The number of amides is 2. The molecule has 7 nitrogen and oxygen atoms in total. The highest BCUT2D eigenvalue weighted by Gasteiger charge is 2.73. The third kappa shape index (κ3) is 2.94. The van der Waals surface area contributed by atoms with Gasteiger partial charge in [0.25, 0.3) is 0 Å². The largest absolute Gasteiger partial charge is 0.461 e. The van der Waals surface area contributed by atoms with Gasteiger partial charge in [0.15, 0.2) is 0 Å². The van der Waals surface area contributed by atoms with E-state index in [1.165, 1.54) is 16.7 Å². The maximum absolute atomic E-state index is 13.6. The van der Waals surface area contributed by atoms with Crippen molar-refractivity contribution in [3.8, 4) is 0 Å². The zero-order chi connectivity index (χ0) is 20.8. The number of aliphatic hydroxyl groups is 1. The molecule has 0 aliphatic carbocycles. The Morgan fingerprint density at radius 3 is 2.69 bits per heavy atom. The van der Waals surface area contributed by atoms with Crippen LogP contribution in [-0.2, 0) is 19.1 Å². The van der Waals surface area contributed by atoms with Gasteiger partial charge in [0.1, 0.15) is 12.6 Å². The first-order valence-corrected chi connectivity index (χ1v) is 11.1. The van der Waals surface area contributed by atoms with E-state index in [-0.39, 0.29) is 31.6 Å². The maximum atomic E-state index is 13.6. The number of rotatable bonds is 5. The summed E-state index contributed by atoms with van der Waals surface area (Å²) < 4.78 is 3.90. The van der Waals surface area contributed by atoms with Gasteiger partial charge in [-0.2, -0.15) is 0 Å². The Hall–Kier alpha value is -1.80. The van der Waals surface area contributed by atoms with E-state index in [1.54, 1.807) is 4.90 Å². The van der Waals surface area contributed by atoms with E-state index in [0.29, 0.717) is 13.1 Å². The van der Waals surface area contributed by atoms with E-state index < -0.39 is 33.3 Å². The Kier molecular flexibility index (Phi) is 5.27. The standard InChI is InChI=1S/C21H28N2O5S/c1-3-4-9-22-10-5-8-21-14(17(25)23(11-12-24)16(21)18(22)26)15-19(27)28-13-6-7-20(15,2)29-21/h5-8,14-16,24H,3-4,9-13H2,1-2H3/t14-,15+,16?,20-,21-/m0/s1. The molecule has 2 amide bonds. The van der Waals surface area contributed by atoms with Gasteiger partial charge in [-0.25, -0.2) is 0 Å². The van der Waals surface area contributed by atoms with Gasteiger partial charge in [-0.15, -0.1) is 11.8 Å². The van der Waals surface area contributed by atoms with Crippen LogP contribution in [0.2, 0.25) is 0 Å². The molecule has 1 spiro atoms. The molecule has 1 unspecified atom stereocenters. The summed E-state index contributed by atoms with van der Waals surface area (Å²) in [5, 5.41) is 9.59. The van der Waals surface area contributed by atoms with Crippen LogP contribution >= 0.6 is 11.8 Å². The zero-order valence-corrected chi connectivity index (χ0v) is 17.7. The van der Waals surface area contributed by atoms with E-state index in [2.05, 4.69) is 6.92 Å². The predicted octanol–water partition coefficient (Wildman–Crippen LogP) is 0.978. The second-order valence-corrected chi connectivity index (χ2v) is 10.1. The highest BCUT2D eigenvalue weighted by Crippen LogP contribution is 2.65. The number of esters is 1. The molecule has 2 saturated heterocycles. The Labute approximate surface area is 175 Å². The second kappa shape index (κ2) is 7.47. The Morgan fingerprint density at radius 1 is 1.17 bits per heavy atom. The molecular formula is C21H28N2O5S. The molecule has 0 bridgehead atoms. The summed E-state index contributed by atoms with van der Waals surface area (Å²) in [6.45, 7) is 5.20. The third-order valence-corrected chi connectivity index (χ3v) is 8.32. The quantitative estimate of drug-likeness (QED) is 0.527. The summed E-state index contributed by atoms with van der Waals surface area (Å²) in [5.74, 6) is -2.08. The van der Waals surface area contributed by atoms with Crippen LogP contribution in [0.25, 0.3) is 0 Å². The van der Waals surface area contributed by atoms with Crippen molar-refractivity contribution in [2.24, 2.45) is 11.8 Å². The molecule has 0 saturated carbocycles. The topological polar surface area (TPSA) is 87.2 Å². The lowest BCUT2D eigenvalue weighted by Gasteiger charge is -2.36. The van der Waals surface area contributed by atoms with Crippen LogP contribution in [-0.4, -0.2) is 81.1 Å². The van der Waals surface area contributed by atoms with Crippen molar-refractivity contribution in [3.63, 3.8) is 0 Å².